The number of carbonyl (C=O) groups excluding carboxylic acids is 1. The number of hydrogen-bond donors (Lipinski definition) is 0. The van der Waals surface area contributed by atoms with Crippen LogP contribution in [-0.4, -0.2) is 43.7 Å². The van der Waals surface area contributed by atoms with Gasteiger partial charge in [-0.15, -0.1) is 0 Å². The van der Waals surface area contributed by atoms with Crippen LogP contribution in [-0.2, 0) is 14.3 Å². The minimum atomic E-state index is -0.0697. The van der Waals surface area contributed by atoms with Gasteiger partial charge in [0.15, 0.2) is 0 Å². The van der Waals surface area contributed by atoms with E-state index in [0.717, 1.165) is 44.8 Å². The average Bonchev–Trinajstić information content (AvgIpc) is 2.82. The van der Waals surface area contributed by atoms with E-state index in [1.165, 1.54) is 0 Å². The normalized spacial score (nSPS) is 28.3. The van der Waals surface area contributed by atoms with Gasteiger partial charge in [0.2, 0.25) is 0 Å². The van der Waals surface area contributed by atoms with Crippen molar-refractivity contribution in [2.45, 2.75) is 12.5 Å². The summed E-state index contributed by atoms with van der Waals surface area (Å²) >= 11 is 0. The molecule has 3 rings (SSSR count). The molecule has 2 saturated heterocycles. The van der Waals surface area contributed by atoms with Gasteiger partial charge >= 0.3 is 5.97 Å². The van der Waals surface area contributed by atoms with E-state index in [2.05, 4.69) is 4.90 Å². The molecule has 2 fully saturated rings. The minimum absolute atomic E-state index is 0.00306. The Balaban J connectivity index is 1.60. The number of nitrogens with zero attached hydrogens (tertiary/aromatic N) is 1. The zero-order valence-electron chi connectivity index (χ0n) is 11.0. The van der Waals surface area contributed by atoms with Crippen molar-refractivity contribution in [3.8, 4) is 0 Å². The summed E-state index contributed by atoms with van der Waals surface area (Å²) in [5.41, 5.74) is 1.10. The molecule has 0 amide bonds. The van der Waals surface area contributed by atoms with E-state index >= 15 is 0 Å². The number of benzene rings is 1. The number of hydrogen-bond acceptors (Lipinski definition) is 4. The van der Waals surface area contributed by atoms with Crippen molar-refractivity contribution >= 4 is 5.97 Å². The smallest absolute Gasteiger partial charge is 0.311 e. The molecule has 102 valence electrons. The van der Waals surface area contributed by atoms with Crippen molar-refractivity contribution in [1.82, 2.24) is 4.90 Å². The molecule has 0 saturated carbocycles. The molecule has 2 aliphatic rings. The van der Waals surface area contributed by atoms with Gasteiger partial charge in [0.25, 0.3) is 0 Å². The second kappa shape index (κ2) is 5.72. The predicted octanol–water partition coefficient (Wildman–Crippen LogP) is 1.62. The summed E-state index contributed by atoms with van der Waals surface area (Å²) < 4.78 is 10.8. The fraction of sp³-hybridized carbons (Fsp3) is 0.533. The third-order valence-electron chi connectivity index (χ3n) is 3.84. The third-order valence-corrected chi connectivity index (χ3v) is 3.84. The first-order chi connectivity index (χ1) is 9.33. The molecule has 19 heavy (non-hydrogen) atoms. The third kappa shape index (κ3) is 2.96. The molecule has 0 bridgehead atoms. The van der Waals surface area contributed by atoms with Crippen LogP contribution in [0.4, 0.5) is 0 Å². The summed E-state index contributed by atoms with van der Waals surface area (Å²) in [5, 5.41) is 0. The van der Waals surface area contributed by atoms with Crippen LogP contribution < -0.4 is 0 Å². The average molecular weight is 261 g/mol. The van der Waals surface area contributed by atoms with Crippen LogP contribution in [0.25, 0.3) is 0 Å². The lowest BCUT2D eigenvalue weighted by atomic mass is 9.99. The lowest BCUT2D eigenvalue weighted by Gasteiger charge is -2.27. The quantitative estimate of drug-likeness (QED) is 0.775. The summed E-state index contributed by atoms with van der Waals surface area (Å²) in [6, 6.07) is 9.99. The Morgan fingerprint density at radius 3 is 2.63 bits per heavy atom. The fourth-order valence-corrected chi connectivity index (χ4v) is 2.76. The predicted molar refractivity (Wildman–Crippen MR) is 70.6 cm³/mol. The Bertz CT molecular complexity index is 428. The van der Waals surface area contributed by atoms with E-state index in [9.17, 15) is 4.79 Å². The standard InChI is InChI=1S/C15H19NO3/c17-15-13(11-16-6-8-18-9-7-16)10-14(19-15)12-4-2-1-3-5-12/h1-5,13-14H,6-11H2/t13-,14-/m0/s1. The Morgan fingerprint density at radius 2 is 1.89 bits per heavy atom. The zero-order valence-corrected chi connectivity index (χ0v) is 11.0. The van der Waals surface area contributed by atoms with Crippen LogP contribution in [0.5, 0.6) is 0 Å². The van der Waals surface area contributed by atoms with Gasteiger partial charge in [-0.2, -0.15) is 0 Å². The molecular weight excluding hydrogens is 242 g/mol. The number of morpholine rings is 1. The highest BCUT2D eigenvalue weighted by Crippen LogP contribution is 2.33. The largest absolute Gasteiger partial charge is 0.457 e. The molecular formula is C15H19NO3. The first-order valence-electron chi connectivity index (χ1n) is 6.88. The first-order valence-corrected chi connectivity index (χ1v) is 6.88. The molecule has 0 N–H and O–H groups in total. The molecule has 0 radical (unpaired) electrons. The molecule has 2 atom stereocenters. The van der Waals surface area contributed by atoms with Crippen LogP contribution in [0.2, 0.25) is 0 Å². The number of carbonyl (C=O) groups is 1. The summed E-state index contributed by atoms with van der Waals surface area (Å²) in [7, 11) is 0. The van der Waals surface area contributed by atoms with E-state index in [1.807, 2.05) is 30.3 Å². The van der Waals surface area contributed by atoms with Gasteiger partial charge in [0, 0.05) is 26.1 Å². The van der Waals surface area contributed by atoms with Crippen LogP contribution in [0.15, 0.2) is 30.3 Å². The number of rotatable bonds is 3. The van der Waals surface area contributed by atoms with E-state index in [1.54, 1.807) is 0 Å². The number of ether oxygens (including phenoxy) is 2. The Morgan fingerprint density at radius 1 is 1.16 bits per heavy atom. The Kier molecular flexibility index (Phi) is 3.80. The van der Waals surface area contributed by atoms with E-state index in [-0.39, 0.29) is 18.0 Å². The van der Waals surface area contributed by atoms with Crippen molar-refractivity contribution in [3.63, 3.8) is 0 Å². The molecule has 4 nitrogen and oxygen atoms in total. The van der Waals surface area contributed by atoms with Crippen molar-refractivity contribution in [2.24, 2.45) is 5.92 Å². The van der Waals surface area contributed by atoms with Crippen LogP contribution >= 0.6 is 0 Å². The van der Waals surface area contributed by atoms with Gasteiger partial charge in [-0.05, 0) is 5.56 Å². The molecule has 0 unspecified atom stereocenters. The summed E-state index contributed by atoms with van der Waals surface area (Å²) in [6.07, 6.45) is 0.722. The lowest BCUT2D eigenvalue weighted by Crippen LogP contribution is -2.40. The minimum Gasteiger partial charge on any atom is -0.457 e. The van der Waals surface area contributed by atoms with E-state index in [4.69, 9.17) is 9.47 Å². The second-order valence-corrected chi connectivity index (χ2v) is 5.18. The van der Waals surface area contributed by atoms with Crippen molar-refractivity contribution in [2.75, 3.05) is 32.8 Å². The van der Waals surface area contributed by atoms with Crippen LogP contribution in [0, 0.1) is 5.92 Å². The highest BCUT2D eigenvalue weighted by Gasteiger charge is 2.36. The van der Waals surface area contributed by atoms with Crippen molar-refractivity contribution in [3.05, 3.63) is 35.9 Å². The monoisotopic (exact) mass is 261 g/mol. The van der Waals surface area contributed by atoms with Crippen LogP contribution in [0.3, 0.4) is 0 Å². The molecule has 1 aromatic carbocycles. The lowest BCUT2D eigenvalue weighted by molar-refractivity contribution is -0.145. The van der Waals surface area contributed by atoms with Gasteiger partial charge in [-0.1, -0.05) is 30.3 Å². The summed E-state index contributed by atoms with van der Waals surface area (Å²) in [5.74, 6) is -0.0522. The molecule has 2 heterocycles. The maximum atomic E-state index is 12.0. The topological polar surface area (TPSA) is 38.8 Å². The molecule has 0 aliphatic carbocycles. The number of esters is 1. The highest BCUT2D eigenvalue weighted by atomic mass is 16.6. The molecule has 0 aromatic heterocycles. The van der Waals surface area contributed by atoms with Crippen LogP contribution in [0.1, 0.15) is 18.1 Å². The Hall–Kier alpha value is -1.39. The second-order valence-electron chi connectivity index (χ2n) is 5.18. The van der Waals surface area contributed by atoms with Crippen molar-refractivity contribution < 1.29 is 14.3 Å². The molecule has 4 heteroatoms. The number of cyclic esters (lactones) is 1. The Labute approximate surface area is 113 Å². The maximum Gasteiger partial charge on any atom is 0.311 e. The van der Waals surface area contributed by atoms with Crippen molar-refractivity contribution in [1.29, 1.82) is 0 Å². The summed E-state index contributed by atoms with van der Waals surface area (Å²) in [4.78, 5) is 14.2. The first kappa shape index (κ1) is 12.6. The van der Waals surface area contributed by atoms with E-state index in [0.29, 0.717) is 0 Å². The zero-order chi connectivity index (χ0) is 13.1. The molecule has 1 aromatic rings. The maximum absolute atomic E-state index is 12.0. The molecule has 2 aliphatic heterocycles. The highest BCUT2D eigenvalue weighted by molar-refractivity contribution is 5.75. The van der Waals surface area contributed by atoms with Gasteiger partial charge in [-0.25, -0.2) is 0 Å². The summed E-state index contributed by atoms with van der Waals surface area (Å²) in [6.45, 7) is 4.17. The van der Waals surface area contributed by atoms with Gasteiger partial charge in [0.05, 0.1) is 19.1 Å². The SMILES string of the molecule is O=C1O[C@H](c2ccccc2)C[C@H]1CN1CCOCC1. The van der Waals surface area contributed by atoms with Gasteiger partial charge < -0.3 is 9.47 Å². The van der Waals surface area contributed by atoms with Gasteiger partial charge in [0.1, 0.15) is 6.10 Å². The van der Waals surface area contributed by atoms with Gasteiger partial charge in [-0.3, -0.25) is 9.69 Å². The molecule has 0 spiro atoms. The van der Waals surface area contributed by atoms with E-state index < -0.39 is 0 Å². The fourth-order valence-electron chi connectivity index (χ4n) is 2.76.